The smallest absolute Gasteiger partial charge is 0.416 e. The van der Waals surface area contributed by atoms with Crippen molar-refractivity contribution < 1.29 is 27.1 Å². The van der Waals surface area contributed by atoms with Gasteiger partial charge in [-0.05, 0) is 52.3 Å². The van der Waals surface area contributed by atoms with Crippen LogP contribution in [0.1, 0.15) is 56.1 Å². The molecular formula is C31H37F4N5O4. The first-order valence-corrected chi connectivity index (χ1v) is 14.3. The van der Waals surface area contributed by atoms with E-state index in [9.17, 15) is 31.9 Å². The molecule has 9 nitrogen and oxygen atoms in total. The van der Waals surface area contributed by atoms with Crippen LogP contribution in [0, 0.1) is 12.7 Å². The van der Waals surface area contributed by atoms with Gasteiger partial charge in [0.25, 0.3) is 5.56 Å². The van der Waals surface area contributed by atoms with Crippen LogP contribution in [0.25, 0.3) is 0 Å². The third-order valence-electron chi connectivity index (χ3n) is 7.34. The maximum Gasteiger partial charge on any atom is 0.416 e. The Morgan fingerprint density at radius 2 is 1.75 bits per heavy atom. The van der Waals surface area contributed by atoms with Crippen molar-refractivity contribution in [1.29, 1.82) is 0 Å². The standard InChI is InChI=1S/C31H37F4N5O4/c1-19-16-38(15-14-36-19)26-20(2)39(17-22-23(31(33,34)35)12-9-13-24(22)32)29(43)40(27(26)41)18-25(21-10-7-6-8-11-21)37-28(42)44-30(3,4)5/h6-13,19,25,36H,14-18H2,1-5H3,(H,37,42)/t19-,25+/m1/s1. The number of ether oxygens (including phenoxy) is 1. The molecule has 0 unspecified atom stereocenters. The minimum Gasteiger partial charge on any atom is -0.444 e. The molecule has 2 N–H and O–H groups in total. The number of piperazine rings is 1. The number of hydrogen-bond donors (Lipinski definition) is 2. The van der Waals surface area contributed by atoms with Crippen LogP contribution in [0.4, 0.5) is 28.0 Å². The predicted octanol–water partition coefficient (Wildman–Crippen LogP) is 4.59. The highest BCUT2D eigenvalue weighted by atomic mass is 19.4. The van der Waals surface area contributed by atoms with Crippen LogP contribution in [0.5, 0.6) is 0 Å². The van der Waals surface area contributed by atoms with Gasteiger partial charge in [0.15, 0.2) is 0 Å². The summed E-state index contributed by atoms with van der Waals surface area (Å²) in [6, 6.07) is 10.3. The van der Waals surface area contributed by atoms with E-state index in [-0.39, 0.29) is 24.0 Å². The van der Waals surface area contributed by atoms with Gasteiger partial charge in [0.1, 0.15) is 17.1 Å². The molecule has 1 aliphatic heterocycles. The predicted molar refractivity (Wildman–Crippen MR) is 158 cm³/mol. The number of carbonyl (C=O) groups is 1. The number of halogens is 4. The third-order valence-corrected chi connectivity index (χ3v) is 7.34. The van der Waals surface area contributed by atoms with Gasteiger partial charge in [-0.15, -0.1) is 0 Å². The molecule has 2 atom stereocenters. The van der Waals surface area contributed by atoms with Gasteiger partial charge < -0.3 is 20.3 Å². The molecule has 1 aromatic heterocycles. The van der Waals surface area contributed by atoms with E-state index in [1.165, 1.54) is 6.92 Å². The van der Waals surface area contributed by atoms with Crippen molar-refractivity contribution in [2.45, 2.75) is 71.6 Å². The summed E-state index contributed by atoms with van der Waals surface area (Å²) in [6.07, 6.45) is -5.67. The average Bonchev–Trinajstić information content (AvgIpc) is 2.92. The van der Waals surface area contributed by atoms with Crippen molar-refractivity contribution in [3.8, 4) is 0 Å². The summed E-state index contributed by atoms with van der Waals surface area (Å²) in [6.45, 7) is 8.62. The molecule has 0 saturated carbocycles. The number of nitrogens with zero attached hydrogens (tertiary/aromatic N) is 3. The number of carbonyl (C=O) groups excluding carboxylic acids is 1. The normalized spacial score (nSPS) is 16.5. The topological polar surface area (TPSA) is 97.6 Å². The molecule has 0 bridgehead atoms. The van der Waals surface area contributed by atoms with Gasteiger partial charge in [-0.3, -0.25) is 13.9 Å². The molecule has 4 rings (SSSR count). The van der Waals surface area contributed by atoms with E-state index in [2.05, 4.69) is 10.6 Å². The van der Waals surface area contributed by atoms with Gasteiger partial charge in [-0.1, -0.05) is 36.4 Å². The Labute approximate surface area is 252 Å². The minimum absolute atomic E-state index is 0.0225. The number of anilines is 1. The average molecular weight is 620 g/mol. The maximum absolute atomic E-state index is 15.0. The van der Waals surface area contributed by atoms with Gasteiger partial charge in [-0.25, -0.2) is 14.0 Å². The Morgan fingerprint density at radius 1 is 1.07 bits per heavy atom. The van der Waals surface area contributed by atoms with Gasteiger partial charge in [0.2, 0.25) is 0 Å². The second-order valence-corrected chi connectivity index (χ2v) is 11.9. The van der Waals surface area contributed by atoms with Crippen molar-refractivity contribution in [3.05, 3.63) is 97.6 Å². The van der Waals surface area contributed by atoms with Crippen LogP contribution in [-0.4, -0.2) is 46.5 Å². The van der Waals surface area contributed by atoms with Gasteiger partial charge >= 0.3 is 18.0 Å². The fourth-order valence-electron chi connectivity index (χ4n) is 5.33. The Balaban J connectivity index is 1.90. The van der Waals surface area contributed by atoms with Crippen molar-refractivity contribution in [1.82, 2.24) is 19.8 Å². The molecule has 3 aromatic rings. The zero-order valence-electron chi connectivity index (χ0n) is 25.3. The van der Waals surface area contributed by atoms with E-state index >= 15 is 0 Å². The highest BCUT2D eigenvalue weighted by Gasteiger charge is 2.35. The molecule has 2 heterocycles. The number of benzene rings is 2. The fourth-order valence-corrected chi connectivity index (χ4v) is 5.33. The molecule has 0 aliphatic carbocycles. The first kappa shape index (κ1) is 32.8. The second kappa shape index (κ2) is 12.8. The van der Waals surface area contributed by atoms with Gasteiger partial charge in [-0.2, -0.15) is 13.2 Å². The number of aromatic nitrogens is 2. The summed E-state index contributed by atoms with van der Waals surface area (Å²) in [4.78, 5) is 42.7. The number of amides is 1. The lowest BCUT2D eigenvalue weighted by atomic mass is 10.1. The second-order valence-electron chi connectivity index (χ2n) is 11.9. The van der Waals surface area contributed by atoms with E-state index in [4.69, 9.17) is 4.74 Å². The van der Waals surface area contributed by atoms with Crippen LogP contribution in [0.2, 0.25) is 0 Å². The Kier molecular flexibility index (Phi) is 9.57. The number of alkyl carbamates (subject to hydrolysis) is 1. The zero-order valence-corrected chi connectivity index (χ0v) is 25.3. The van der Waals surface area contributed by atoms with E-state index in [0.717, 1.165) is 27.3 Å². The van der Waals surface area contributed by atoms with Crippen molar-refractivity contribution in [2.75, 3.05) is 24.5 Å². The Hall–Kier alpha value is -4.13. The van der Waals surface area contributed by atoms with E-state index in [1.807, 2.05) is 6.92 Å². The molecule has 0 spiro atoms. The molecule has 1 fully saturated rings. The highest BCUT2D eigenvalue weighted by molar-refractivity contribution is 5.68. The molecule has 44 heavy (non-hydrogen) atoms. The molecule has 1 amide bonds. The lowest BCUT2D eigenvalue weighted by molar-refractivity contribution is -0.138. The molecule has 238 valence electrons. The number of nitrogens with one attached hydrogen (secondary N) is 2. The van der Waals surface area contributed by atoms with Crippen molar-refractivity contribution in [3.63, 3.8) is 0 Å². The Morgan fingerprint density at radius 3 is 2.36 bits per heavy atom. The minimum atomic E-state index is -4.88. The van der Waals surface area contributed by atoms with E-state index < -0.39 is 58.7 Å². The quantitative estimate of drug-likeness (QED) is 0.376. The summed E-state index contributed by atoms with van der Waals surface area (Å²) < 4.78 is 64.0. The van der Waals surface area contributed by atoms with Crippen molar-refractivity contribution in [2.24, 2.45) is 0 Å². The monoisotopic (exact) mass is 619 g/mol. The molecule has 0 radical (unpaired) electrons. The summed E-state index contributed by atoms with van der Waals surface area (Å²) in [7, 11) is 0. The fraction of sp³-hybridized carbons (Fsp3) is 0.452. The summed E-state index contributed by atoms with van der Waals surface area (Å²) >= 11 is 0. The SMILES string of the molecule is Cc1c(N2CCN[C@H](C)C2)c(=O)n(C[C@H](NC(=O)OC(C)(C)C)c2ccccc2)c(=O)n1Cc1c(F)cccc1C(F)(F)F. The van der Waals surface area contributed by atoms with Gasteiger partial charge in [0, 0.05) is 36.9 Å². The zero-order chi connectivity index (χ0) is 32.4. The summed E-state index contributed by atoms with van der Waals surface area (Å²) in [5.41, 5.74) is -3.60. The van der Waals surface area contributed by atoms with Crippen LogP contribution in [-0.2, 0) is 24.0 Å². The molecule has 1 saturated heterocycles. The Bertz CT molecular complexity index is 1610. The van der Waals surface area contributed by atoms with Crippen LogP contribution in [0.15, 0.2) is 58.1 Å². The van der Waals surface area contributed by atoms with Crippen LogP contribution >= 0.6 is 0 Å². The molecule has 2 aromatic carbocycles. The molecule has 1 aliphatic rings. The van der Waals surface area contributed by atoms with Crippen LogP contribution in [0.3, 0.4) is 0 Å². The number of rotatable bonds is 7. The van der Waals surface area contributed by atoms with E-state index in [0.29, 0.717) is 25.2 Å². The number of hydrogen-bond acceptors (Lipinski definition) is 6. The molecular weight excluding hydrogens is 582 g/mol. The molecule has 13 heteroatoms. The summed E-state index contributed by atoms with van der Waals surface area (Å²) in [5.74, 6) is -1.13. The lowest BCUT2D eigenvalue weighted by Crippen LogP contribution is -2.53. The highest BCUT2D eigenvalue weighted by Crippen LogP contribution is 2.33. The van der Waals surface area contributed by atoms with Crippen LogP contribution < -0.4 is 26.8 Å². The maximum atomic E-state index is 15.0. The largest absolute Gasteiger partial charge is 0.444 e. The summed E-state index contributed by atoms with van der Waals surface area (Å²) in [5, 5.41) is 5.99. The van der Waals surface area contributed by atoms with Gasteiger partial charge in [0.05, 0.1) is 24.7 Å². The third kappa shape index (κ3) is 7.50. The first-order valence-electron chi connectivity index (χ1n) is 14.3. The number of alkyl halides is 3. The van der Waals surface area contributed by atoms with E-state index in [1.54, 1.807) is 56.0 Å². The first-order chi connectivity index (χ1) is 20.6. The van der Waals surface area contributed by atoms with Crippen molar-refractivity contribution >= 4 is 11.8 Å². The lowest BCUT2D eigenvalue weighted by Gasteiger charge is -2.35.